The van der Waals surface area contributed by atoms with Crippen LogP contribution in [0.2, 0.25) is 0 Å². The van der Waals surface area contributed by atoms with Crippen molar-refractivity contribution >= 4 is 11.9 Å². The standard InChI is InChI=1S/C29H31N5O3/c1-2-3-13-27(35)34(26(29(36)37)19-16-21-9-5-4-6-10-21)20-22-14-17-23(18-15-22)24-11-7-8-12-25(24)28-30-32-33-31-28/h4-12,14-15,17-18,26H,2-3,13,16,19-20H2,1H3,(H,36,37)(H,30,31,32,33). The number of aryl methyl sites for hydroxylation is 1. The second-order valence-corrected chi connectivity index (χ2v) is 8.98. The number of aliphatic carboxylic acids is 1. The van der Waals surface area contributed by atoms with Gasteiger partial charge >= 0.3 is 5.97 Å². The third-order valence-corrected chi connectivity index (χ3v) is 6.41. The molecule has 4 rings (SSSR count). The maximum atomic E-state index is 13.2. The summed E-state index contributed by atoms with van der Waals surface area (Å²) in [6.07, 6.45) is 2.87. The average Bonchev–Trinajstić information content (AvgIpc) is 3.47. The predicted molar refractivity (Wildman–Crippen MR) is 141 cm³/mol. The monoisotopic (exact) mass is 497 g/mol. The summed E-state index contributed by atoms with van der Waals surface area (Å²) in [5.41, 5.74) is 4.70. The Morgan fingerprint density at radius 1 is 0.919 bits per heavy atom. The molecule has 1 aromatic heterocycles. The van der Waals surface area contributed by atoms with E-state index in [-0.39, 0.29) is 12.5 Å². The number of carbonyl (C=O) groups excluding carboxylic acids is 1. The van der Waals surface area contributed by atoms with Crippen LogP contribution in [0.3, 0.4) is 0 Å². The quantitative estimate of drug-likeness (QED) is 0.280. The summed E-state index contributed by atoms with van der Waals surface area (Å²) in [6, 6.07) is 24.5. The molecular formula is C29H31N5O3. The minimum atomic E-state index is -0.980. The molecule has 8 heteroatoms. The molecule has 0 radical (unpaired) electrons. The Morgan fingerprint density at radius 2 is 1.62 bits per heavy atom. The van der Waals surface area contributed by atoms with Gasteiger partial charge in [0.15, 0.2) is 0 Å². The topological polar surface area (TPSA) is 112 Å². The van der Waals surface area contributed by atoms with Crippen molar-refractivity contribution in [1.29, 1.82) is 0 Å². The van der Waals surface area contributed by atoms with Crippen molar-refractivity contribution in [1.82, 2.24) is 25.5 Å². The SMILES string of the molecule is CCCCC(=O)N(Cc1ccc(-c2ccccc2-c2nn[nH]n2)cc1)C(CCc1ccccc1)C(=O)O. The van der Waals surface area contributed by atoms with Crippen molar-refractivity contribution < 1.29 is 14.7 Å². The Balaban J connectivity index is 1.56. The highest BCUT2D eigenvalue weighted by Gasteiger charge is 2.29. The van der Waals surface area contributed by atoms with Crippen molar-refractivity contribution in [3.63, 3.8) is 0 Å². The maximum Gasteiger partial charge on any atom is 0.326 e. The lowest BCUT2D eigenvalue weighted by Crippen LogP contribution is -2.44. The summed E-state index contributed by atoms with van der Waals surface area (Å²) >= 11 is 0. The molecule has 1 amide bonds. The summed E-state index contributed by atoms with van der Waals surface area (Å²) in [6.45, 7) is 2.26. The van der Waals surface area contributed by atoms with Crippen LogP contribution in [-0.4, -0.2) is 48.5 Å². The number of nitrogens with zero attached hydrogens (tertiary/aromatic N) is 4. The van der Waals surface area contributed by atoms with E-state index in [9.17, 15) is 14.7 Å². The summed E-state index contributed by atoms with van der Waals surface area (Å²) in [5, 5.41) is 24.4. The third-order valence-electron chi connectivity index (χ3n) is 6.41. The molecule has 1 heterocycles. The fourth-order valence-corrected chi connectivity index (χ4v) is 4.40. The van der Waals surface area contributed by atoms with Crippen molar-refractivity contribution in [2.45, 2.75) is 51.6 Å². The van der Waals surface area contributed by atoms with Gasteiger partial charge in [-0.25, -0.2) is 4.79 Å². The number of benzene rings is 3. The normalized spacial score (nSPS) is 11.7. The first-order chi connectivity index (χ1) is 18.1. The van der Waals surface area contributed by atoms with E-state index in [0.29, 0.717) is 25.1 Å². The number of unbranched alkanes of at least 4 members (excludes halogenated alkanes) is 1. The highest BCUT2D eigenvalue weighted by atomic mass is 16.4. The highest BCUT2D eigenvalue weighted by Crippen LogP contribution is 2.30. The van der Waals surface area contributed by atoms with Gasteiger partial charge in [0.1, 0.15) is 6.04 Å². The van der Waals surface area contributed by atoms with Crippen LogP contribution in [-0.2, 0) is 22.6 Å². The van der Waals surface area contributed by atoms with E-state index in [1.54, 1.807) is 0 Å². The molecule has 1 unspecified atom stereocenters. The fourth-order valence-electron chi connectivity index (χ4n) is 4.40. The highest BCUT2D eigenvalue weighted by molar-refractivity contribution is 5.84. The van der Waals surface area contributed by atoms with Gasteiger partial charge < -0.3 is 10.0 Å². The van der Waals surface area contributed by atoms with Gasteiger partial charge in [0.2, 0.25) is 11.7 Å². The number of hydrogen-bond donors (Lipinski definition) is 2. The lowest BCUT2D eigenvalue weighted by Gasteiger charge is -2.29. The Kier molecular flexibility index (Phi) is 8.75. The van der Waals surface area contributed by atoms with Gasteiger partial charge in [-0.2, -0.15) is 5.21 Å². The molecule has 0 aliphatic heterocycles. The number of tetrazole rings is 1. The van der Waals surface area contributed by atoms with Crippen LogP contribution in [0.4, 0.5) is 0 Å². The van der Waals surface area contributed by atoms with Crippen LogP contribution in [0.15, 0.2) is 78.9 Å². The molecule has 0 saturated heterocycles. The summed E-state index contributed by atoms with van der Waals surface area (Å²) < 4.78 is 0. The first-order valence-electron chi connectivity index (χ1n) is 12.5. The zero-order valence-electron chi connectivity index (χ0n) is 20.9. The summed E-state index contributed by atoms with van der Waals surface area (Å²) in [7, 11) is 0. The van der Waals surface area contributed by atoms with Crippen LogP contribution < -0.4 is 0 Å². The predicted octanol–water partition coefficient (Wildman–Crippen LogP) is 5.14. The van der Waals surface area contributed by atoms with Crippen molar-refractivity contribution in [2.24, 2.45) is 0 Å². The van der Waals surface area contributed by atoms with Gasteiger partial charge in [0.05, 0.1) is 0 Å². The number of nitrogens with one attached hydrogen (secondary N) is 1. The Bertz CT molecular complexity index is 1290. The number of amides is 1. The van der Waals surface area contributed by atoms with Gasteiger partial charge in [-0.1, -0.05) is 92.2 Å². The molecule has 0 aliphatic rings. The Morgan fingerprint density at radius 3 is 2.27 bits per heavy atom. The van der Waals surface area contributed by atoms with E-state index in [0.717, 1.165) is 40.7 Å². The number of rotatable bonds is 12. The fraction of sp³-hybridized carbons (Fsp3) is 0.276. The second-order valence-electron chi connectivity index (χ2n) is 8.98. The van der Waals surface area contributed by atoms with Crippen LogP contribution in [0.1, 0.15) is 43.7 Å². The Labute approximate surface area is 216 Å². The van der Waals surface area contributed by atoms with E-state index in [1.807, 2.05) is 85.8 Å². The van der Waals surface area contributed by atoms with E-state index >= 15 is 0 Å². The smallest absolute Gasteiger partial charge is 0.326 e. The van der Waals surface area contributed by atoms with E-state index < -0.39 is 12.0 Å². The number of aromatic amines is 1. The molecule has 0 fully saturated rings. The number of aromatic nitrogens is 4. The lowest BCUT2D eigenvalue weighted by atomic mass is 9.98. The summed E-state index contributed by atoms with van der Waals surface area (Å²) in [5.74, 6) is -0.602. The van der Waals surface area contributed by atoms with Crippen molar-refractivity contribution in [3.8, 4) is 22.5 Å². The van der Waals surface area contributed by atoms with Gasteiger partial charge in [0, 0.05) is 18.5 Å². The number of carboxylic acids is 1. The molecule has 190 valence electrons. The molecular weight excluding hydrogens is 466 g/mol. The third kappa shape index (κ3) is 6.67. The first-order valence-corrected chi connectivity index (χ1v) is 12.5. The Hall–Kier alpha value is -4.33. The van der Waals surface area contributed by atoms with Crippen LogP contribution in [0.25, 0.3) is 22.5 Å². The molecule has 0 aliphatic carbocycles. The van der Waals surface area contributed by atoms with Gasteiger partial charge in [-0.05, 0) is 46.7 Å². The molecule has 2 N–H and O–H groups in total. The minimum absolute atomic E-state index is 0.131. The average molecular weight is 498 g/mol. The van der Waals surface area contributed by atoms with Gasteiger partial charge in [-0.3, -0.25) is 4.79 Å². The zero-order valence-corrected chi connectivity index (χ0v) is 20.9. The molecule has 37 heavy (non-hydrogen) atoms. The van der Waals surface area contributed by atoms with E-state index in [2.05, 4.69) is 20.6 Å². The summed E-state index contributed by atoms with van der Waals surface area (Å²) in [4.78, 5) is 27.0. The second kappa shape index (κ2) is 12.6. The molecule has 3 aromatic carbocycles. The number of carboxylic acid groups (broad SMARTS) is 1. The van der Waals surface area contributed by atoms with E-state index in [1.165, 1.54) is 4.90 Å². The van der Waals surface area contributed by atoms with Crippen LogP contribution in [0, 0.1) is 0 Å². The molecule has 4 aromatic rings. The molecule has 0 saturated carbocycles. The molecule has 0 spiro atoms. The van der Waals surface area contributed by atoms with Gasteiger partial charge in [0.25, 0.3) is 0 Å². The maximum absolute atomic E-state index is 13.2. The molecule has 0 bridgehead atoms. The largest absolute Gasteiger partial charge is 0.480 e. The van der Waals surface area contributed by atoms with Crippen LogP contribution >= 0.6 is 0 Å². The van der Waals surface area contributed by atoms with Crippen LogP contribution in [0.5, 0.6) is 0 Å². The van der Waals surface area contributed by atoms with Gasteiger partial charge in [-0.15, -0.1) is 10.2 Å². The first kappa shape index (κ1) is 25.8. The number of hydrogen-bond acceptors (Lipinski definition) is 5. The number of carbonyl (C=O) groups is 2. The van der Waals surface area contributed by atoms with E-state index in [4.69, 9.17) is 0 Å². The lowest BCUT2D eigenvalue weighted by molar-refractivity contribution is -0.151. The van der Waals surface area contributed by atoms with Crippen molar-refractivity contribution in [3.05, 3.63) is 90.0 Å². The molecule has 1 atom stereocenters. The zero-order chi connectivity index (χ0) is 26.0. The molecule has 8 nitrogen and oxygen atoms in total. The van der Waals surface area contributed by atoms with Crippen molar-refractivity contribution in [2.75, 3.05) is 0 Å². The minimum Gasteiger partial charge on any atom is -0.480 e. The number of H-pyrrole nitrogens is 1.